The minimum absolute atomic E-state index is 0. The van der Waals surface area contributed by atoms with Gasteiger partial charge in [-0.1, -0.05) is 43.1 Å². The van der Waals surface area contributed by atoms with E-state index in [1.807, 2.05) is 24.3 Å². The molecule has 0 aliphatic rings. The number of carbonyl (C=O) groups is 1. The number of hydrogen-bond acceptors (Lipinski definition) is 3. The predicted octanol–water partition coefficient (Wildman–Crippen LogP) is 1.94. The van der Waals surface area contributed by atoms with Crippen LogP contribution in [0.5, 0.6) is 11.5 Å². The fraction of sp³-hybridized carbons (Fsp3) is 0.278. The minimum Gasteiger partial charge on any atom is -0.496 e. The molecule has 0 saturated carbocycles. The van der Waals surface area contributed by atoms with Gasteiger partial charge in [0.15, 0.2) is 0 Å². The van der Waals surface area contributed by atoms with Gasteiger partial charge in [0.05, 0.1) is 18.7 Å². The topological polar surface area (TPSA) is 35.5 Å². The van der Waals surface area contributed by atoms with E-state index in [9.17, 15) is 4.79 Å². The maximum Gasteiger partial charge on any atom is 1.00 e. The molecule has 2 aromatic rings. The monoisotopic (exact) mass is 356 g/mol. The molecule has 24 heavy (non-hydrogen) atoms. The van der Waals surface area contributed by atoms with E-state index in [0.717, 1.165) is 23.9 Å². The molecule has 0 spiro atoms. The molecular formula is C18H19ClLiO3P. The normalized spacial score (nSPS) is 10.5. The number of methoxy groups -OCH3 is 1. The van der Waals surface area contributed by atoms with Crippen LogP contribution in [0.1, 0.15) is 30.1 Å². The molecule has 0 aliphatic carbocycles. The molecule has 0 fully saturated rings. The molecule has 0 aromatic heterocycles. The van der Waals surface area contributed by atoms with Gasteiger partial charge in [0.2, 0.25) is 0 Å². The van der Waals surface area contributed by atoms with Crippen molar-refractivity contribution in [2.45, 2.75) is 19.8 Å². The molecule has 0 atom stereocenters. The zero-order chi connectivity index (χ0) is 16.7. The van der Waals surface area contributed by atoms with Gasteiger partial charge in [-0.3, -0.25) is 0 Å². The summed E-state index contributed by atoms with van der Waals surface area (Å²) in [5, 5.41) is 1.29. The molecule has 0 radical (unpaired) electrons. The molecule has 0 bridgehead atoms. The zero-order valence-corrected chi connectivity index (χ0v) is 15.9. The SMILES string of the molecule is CCCCOc1ccc([P-]C(=O)c2c(Cl)cccc2OC)cc1.[Li+]. The molecule has 0 heterocycles. The van der Waals surface area contributed by atoms with Gasteiger partial charge in [0.1, 0.15) is 11.5 Å². The van der Waals surface area contributed by atoms with E-state index in [2.05, 4.69) is 6.92 Å². The first kappa shape index (κ1) is 21.1. The summed E-state index contributed by atoms with van der Waals surface area (Å²) in [5.74, 6) is 1.31. The molecule has 122 valence electrons. The average molecular weight is 357 g/mol. The third kappa shape index (κ3) is 5.83. The van der Waals surface area contributed by atoms with Gasteiger partial charge in [-0.05, 0) is 30.7 Å². The van der Waals surface area contributed by atoms with Gasteiger partial charge in [0.25, 0.3) is 0 Å². The largest absolute Gasteiger partial charge is 1.00 e. The van der Waals surface area contributed by atoms with Crippen LogP contribution in [-0.4, -0.2) is 19.2 Å². The smallest absolute Gasteiger partial charge is 0.496 e. The van der Waals surface area contributed by atoms with Crippen LogP contribution in [0.15, 0.2) is 42.5 Å². The number of rotatable bonds is 8. The molecular weight excluding hydrogens is 338 g/mol. The quantitative estimate of drug-likeness (QED) is 0.412. The van der Waals surface area contributed by atoms with Crippen LogP contribution in [0.2, 0.25) is 5.02 Å². The van der Waals surface area contributed by atoms with E-state index < -0.39 is 0 Å². The average Bonchev–Trinajstić information content (AvgIpc) is 2.56. The van der Waals surface area contributed by atoms with E-state index in [-0.39, 0.29) is 24.4 Å². The first-order valence-corrected chi connectivity index (χ1v) is 8.74. The maximum absolute atomic E-state index is 12.5. The van der Waals surface area contributed by atoms with E-state index >= 15 is 0 Å². The van der Waals surface area contributed by atoms with E-state index in [0.29, 0.717) is 31.5 Å². The van der Waals surface area contributed by atoms with Crippen LogP contribution in [0.4, 0.5) is 0 Å². The summed E-state index contributed by atoms with van der Waals surface area (Å²) in [5.41, 5.74) is 0.328. The van der Waals surface area contributed by atoms with E-state index in [1.165, 1.54) is 7.11 Å². The van der Waals surface area contributed by atoms with Crippen LogP contribution in [0.25, 0.3) is 0 Å². The number of halogens is 1. The molecule has 0 N–H and O–H groups in total. The predicted molar refractivity (Wildman–Crippen MR) is 95.7 cm³/mol. The second-order valence-electron chi connectivity index (χ2n) is 4.93. The number of carbonyl (C=O) groups excluding carboxylic acids is 1. The minimum atomic E-state index is -0.0906. The van der Waals surface area contributed by atoms with Crippen LogP contribution >= 0.6 is 20.2 Å². The third-order valence-electron chi connectivity index (χ3n) is 3.24. The summed E-state index contributed by atoms with van der Waals surface area (Å²) >= 11 is 6.14. The van der Waals surface area contributed by atoms with Crippen molar-refractivity contribution in [3.8, 4) is 11.5 Å². The van der Waals surface area contributed by atoms with Crippen molar-refractivity contribution in [2.24, 2.45) is 0 Å². The Kier molecular flexibility index (Phi) is 9.48. The second kappa shape index (κ2) is 10.8. The van der Waals surface area contributed by atoms with Crippen LogP contribution < -0.4 is 33.6 Å². The molecule has 3 nitrogen and oxygen atoms in total. The fourth-order valence-electron chi connectivity index (χ4n) is 2.01. The fourth-order valence-corrected chi connectivity index (χ4v) is 3.20. The number of ether oxygens (including phenoxy) is 2. The van der Waals surface area contributed by atoms with Crippen LogP contribution in [0.3, 0.4) is 0 Å². The molecule has 0 saturated heterocycles. The van der Waals surface area contributed by atoms with Crippen molar-refractivity contribution in [3.05, 3.63) is 53.1 Å². The van der Waals surface area contributed by atoms with Crippen molar-refractivity contribution in [1.82, 2.24) is 0 Å². The number of benzene rings is 2. The van der Waals surface area contributed by atoms with Gasteiger partial charge >= 0.3 is 18.9 Å². The molecule has 2 aromatic carbocycles. The first-order valence-electron chi connectivity index (χ1n) is 7.47. The Balaban J connectivity index is 0.00000288. The molecule has 0 amide bonds. The van der Waals surface area contributed by atoms with Crippen molar-refractivity contribution in [3.63, 3.8) is 0 Å². The van der Waals surface area contributed by atoms with Crippen molar-refractivity contribution in [1.29, 1.82) is 0 Å². The summed E-state index contributed by atoms with van der Waals surface area (Å²) in [6, 6.07) is 12.7. The Morgan fingerprint density at radius 2 is 1.88 bits per heavy atom. The summed E-state index contributed by atoms with van der Waals surface area (Å²) in [4.78, 5) is 12.5. The Hall–Kier alpha value is -0.973. The Bertz CT molecular complexity index is 662. The van der Waals surface area contributed by atoms with Crippen molar-refractivity contribution >= 4 is 31.0 Å². The van der Waals surface area contributed by atoms with Gasteiger partial charge < -0.3 is 22.8 Å². The van der Waals surface area contributed by atoms with E-state index in [4.69, 9.17) is 21.1 Å². The van der Waals surface area contributed by atoms with E-state index in [1.54, 1.807) is 18.2 Å². The Labute approximate surface area is 162 Å². The molecule has 6 heteroatoms. The van der Waals surface area contributed by atoms with Gasteiger partial charge in [-0.2, -0.15) is 5.30 Å². The van der Waals surface area contributed by atoms with Crippen molar-refractivity contribution in [2.75, 3.05) is 13.7 Å². The summed E-state index contributed by atoms with van der Waals surface area (Å²) < 4.78 is 10.8. The zero-order valence-electron chi connectivity index (χ0n) is 14.2. The second-order valence-corrected chi connectivity index (χ2v) is 6.48. The number of hydrogen-bond donors (Lipinski definition) is 0. The summed E-state index contributed by atoms with van der Waals surface area (Å²) in [7, 11) is 2.08. The molecule has 2 rings (SSSR count). The van der Waals surface area contributed by atoms with Gasteiger partial charge in [-0.15, -0.1) is 0 Å². The maximum atomic E-state index is 12.5. The Morgan fingerprint density at radius 1 is 1.17 bits per heavy atom. The summed E-state index contributed by atoms with van der Waals surface area (Å²) in [6.07, 6.45) is 2.13. The summed E-state index contributed by atoms with van der Waals surface area (Å²) in [6.45, 7) is 2.84. The van der Waals surface area contributed by atoms with Crippen LogP contribution in [-0.2, 0) is 0 Å². The van der Waals surface area contributed by atoms with Gasteiger partial charge in [0, 0.05) is 11.1 Å². The van der Waals surface area contributed by atoms with Gasteiger partial charge in [-0.25, -0.2) is 0 Å². The third-order valence-corrected chi connectivity index (χ3v) is 4.54. The van der Waals surface area contributed by atoms with Crippen LogP contribution in [0, 0.1) is 0 Å². The standard InChI is InChI=1S/C18H19ClO3P.Li/c1-3-4-12-22-13-8-10-14(11-9-13)23-18(20)17-15(19)6-5-7-16(17)21-2;/h5-11H,3-4,12H2,1-2H3;/q-1;+1. The first-order chi connectivity index (χ1) is 11.2. The Morgan fingerprint density at radius 3 is 2.50 bits per heavy atom. The van der Waals surface area contributed by atoms with Crippen molar-refractivity contribution < 1.29 is 33.1 Å². The number of unbranched alkanes of at least 4 members (excludes halogenated alkanes) is 1. The molecule has 0 aliphatic heterocycles. The molecule has 0 unspecified atom stereocenters.